The first-order valence-electron chi connectivity index (χ1n) is 9.08. The standard InChI is InChI=1S/C17H32N4O2.2ClH/c1-14-4-2-5-15(12-14)19-16(22)13-20-8-10-21(11-9-20)17(23)6-3-7-18;;/h14-15H,2-13,18H2,1H3,(H,19,22);2*1H. The van der Waals surface area contributed by atoms with Crippen LogP contribution in [0.15, 0.2) is 0 Å². The van der Waals surface area contributed by atoms with E-state index in [0.717, 1.165) is 51.4 Å². The van der Waals surface area contributed by atoms with Crippen LogP contribution >= 0.6 is 24.8 Å². The molecule has 0 radical (unpaired) electrons. The third kappa shape index (κ3) is 8.58. The van der Waals surface area contributed by atoms with Crippen LogP contribution in [0.5, 0.6) is 0 Å². The maximum absolute atomic E-state index is 12.2. The summed E-state index contributed by atoms with van der Waals surface area (Å²) in [6.45, 7) is 6.28. The predicted octanol–water partition coefficient (Wildman–Crippen LogP) is 1.41. The number of carbonyl (C=O) groups excluding carboxylic acids is 2. The molecule has 1 aliphatic carbocycles. The van der Waals surface area contributed by atoms with E-state index in [1.54, 1.807) is 0 Å². The molecule has 1 saturated heterocycles. The largest absolute Gasteiger partial charge is 0.352 e. The molecule has 148 valence electrons. The van der Waals surface area contributed by atoms with Crippen LogP contribution in [0.3, 0.4) is 0 Å². The Kier molecular flexibility index (Phi) is 12.5. The fraction of sp³-hybridized carbons (Fsp3) is 0.882. The van der Waals surface area contributed by atoms with E-state index in [4.69, 9.17) is 5.73 Å². The first kappa shape index (κ1) is 24.4. The van der Waals surface area contributed by atoms with Crippen LogP contribution in [0.1, 0.15) is 45.4 Å². The lowest BCUT2D eigenvalue weighted by molar-refractivity contribution is -0.133. The van der Waals surface area contributed by atoms with E-state index in [-0.39, 0.29) is 36.6 Å². The second-order valence-electron chi connectivity index (χ2n) is 7.09. The van der Waals surface area contributed by atoms with E-state index in [9.17, 15) is 9.59 Å². The van der Waals surface area contributed by atoms with Gasteiger partial charge in [0, 0.05) is 38.6 Å². The number of hydrogen-bond donors (Lipinski definition) is 2. The van der Waals surface area contributed by atoms with Crippen molar-refractivity contribution in [3.8, 4) is 0 Å². The van der Waals surface area contributed by atoms with Gasteiger partial charge >= 0.3 is 0 Å². The zero-order valence-corrected chi connectivity index (χ0v) is 16.9. The molecule has 2 aliphatic rings. The topological polar surface area (TPSA) is 78.7 Å². The number of piperazine rings is 1. The van der Waals surface area contributed by atoms with Gasteiger partial charge in [-0.3, -0.25) is 14.5 Å². The van der Waals surface area contributed by atoms with Crippen molar-refractivity contribution in [2.24, 2.45) is 11.7 Å². The molecule has 8 heteroatoms. The number of rotatable bonds is 6. The Bertz CT molecular complexity index is 404. The van der Waals surface area contributed by atoms with Gasteiger partial charge < -0.3 is 16.0 Å². The summed E-state index contributed by atoms with van der Waals surface area (Å²) in [6.07, 6.45) is 6.01. The molecule has 2 unspecified atom stereocenters. The summed E-state index contributed by atoms with van der Waals surface area (Å²) in [5.41, 5.74) is 5.45. The van der Waals surface area contributed by atoms with Crippen LogP contribution in [-0.2, 0) is 9.59 Å². The van der Waals surface area contributed by atoms with Crippen LogP contribution in [0.25, 0.3) is 0 Å². The minimum Gasteiger partial charge on any atom is -0.352 e. The number of halogens is 2. The lowest BCUT2D eigenvalue weighted by atomic mass is 9.87. The highest BCUT2D eigenvalue weighted by atomic mass is 35.5. The second-order valence-corrected chi connectivity index (χ2v) is 7.09. The van der Waals surface area contributed by atoms with Crippen molar-refractivity contribution in [3.05, 3.63) is 0 Å². The number of amides is 2. The van der Waals surface area contributed by atoms with E-state index < -0.39 is 0 Å². The Hall–Kier alpha value is -0.560. The zero-order chi connectivity index (χ0) is 16.7. The first-order chi connectivity index (χ1) is 11.1. The lowest BCUT2D eigenvalue weighted by Crippen LogP contribution is -2.52. The van der Waals surface area contributed by atoms with Gasteiger partial charge in [-0.05, 0) is 31.7 Å². The van der Waals surface area contributed by atoms with Crippen LogP contribution in [0, 0.1) is 5.92 Å². The summed E-state index contributed by atoms with van der Waals surface area (Å²) in [5, 5.41) is 3.18. The molecule has 0 aromatic rings. The molecular formula is C17H34Cl2N4O2. The molecule has 6 nitrogen and oxygen atoms in total. The van der Waals surface area contributed by atoms with Crippen molar-refractivity contribution in [3.63, 3.8) is 0 Å². The van der Waals surface area contributed by atoms with Gasteiger partial charge in [0.25, 0.3) is 0 Å². The normalized spacial score (nSPS) is 24.0. The molecule has 0 bridgehead atoms. The molecule has 0 spiro atoms. The molecule has 2 atom stereocenters. The van der Waals surface area contributed by atoms with E-state index in [0.29, 0.717) is 25.6 Å². The Balaban J connectivity index is 0.00000288. The molecule has 1 aliphatic heterocycles. The highest BCUT2D eigenvalue weighted by Gasteiger charge is 2.24. The molecule has 2 fully saturated rings. The van der Waals surface area contributed by atoms with Gasteiger partial charge in [-0.1, -0.05) is 19.8 Å². The molecule has 0 aromatic heterocycles. The Morgan fingerprint density at radius 2 is 1.80 bits per heavy atom. The average molecular weight is 397 g/mol. The van der Waals surface area contributed by atoms with Gasteiger partial charge in [0.1, 0.15) is 0 Å². The smallest absolute Gasteiger partial charge is 0.234 e. The number of nitrogens with zero attached hydrogens (tertiary/aromatic N) is 2. The quantitative estimate of drug-likeness (QED) is 0.711. The monoisotopic (exact) mass is 396 g/mol. The van der Waals surface area contributed by atoms with E-state index in [2.05, 4.69) is 17.1 Å². The minimum absolute atomic E-state index is 0. The summed E-state index contributed by atoms with van der Waals surface area (Å²) >= 11 is 0. The SMILES string of the molecule is CC1CCCC(NC(=O)CN2CCN(C(=O)CCCN)CC2)C1.Cl.Cl. The molecular weight excluding hydrogens is 363 g/mol. The van der Waals surface area contributed by atoms with Gasteiger partial charge in [-0.2, -0.15) is 0 Å². The van der Waals surface area contributed by atoms with Gasteiger partial charge in [-0.25, -0.2) is 0 Å². The molecule has 3 N–H and O–H groups in total. The molecule has 2 amide bonds. The summed E-state index contributed by atoms with van der Waals surface area (Å²) in [7, 11) is 0. The zero-order valence-electron chi connectivity index (χ0n) is 15.2. The van der Waals surface area contributed by atoms with Crippen LogP contribution in [0.4, 0.5) is 0 Å². The Labute approximate surface area is 164 Å². The highest BCUT2D eigenvalue weighted by molar-refractivity contribution is 5.85. The predicted molar refractivity (Wildman–Crippen MR) is 105 cm³/mol. The lowest BCUT2D eigenvalue weighted by Gasteiger charge is -2.35. The summed E-state index contributed by atoms with van der Waals surface area (Å²) in [6, 6.07) is 0.352. The fourth-order valence-electron chi connectivity index (χ4n) is 3.61. The van der Waals surface area contributed by atoms with Gasteiger partial charge in [0.2, 0.25) is 11.8 Å². The van der Waals surface area contributed by atoms with Crippen molar-refractivity contribution in [2.75, 3.05) is 39.3 Å². The third-order valence-electron chi connectivity index (χ3n) is 4.99. The Morgan fingerprint density at radius 1 is 1.12 bits per heavy atom. The van der Waals surface area contributed by atoms with Crippen molar-refractivity contribution < 1.29 is 9.59 Å². The van der Waals surface area contributed by atoms with Gasteiger partial charge in [0.15, 0.2) is 0 Å². The van der Waals surface area contributed by atoms with Crippen molar-refractivity contribution in [1.82, 2.24) is 15.1 Å². The first-order valence-corrected chi connectivity index (χ1v) is 9.08. The molecule has 1 saturated carbocycles. The van der Waals surface area contributed by atoms with E-state index in [1.807, 2.05) is 4.90 Å². The maximum atomic E-state index is 12.2. The van der Waals surface area contributed by atoms with Crippen LogP contribution < -0.4 is 11.1 Å². The second kappa shape index (κ2) is 12.7. The highest BCUT2D eigenvalue weighted by Crippen LogP contribution is 2.23. The number of nitrogens with one attached hydrogen (secondary N) is 1. The number of carbonyl (C=O) groups is 2. The molecule has 25 heavy (non-hydrogen) atoms. The number of nitrogens with two attached hydrogens (primary N) is 1. The summed E-state index contributed by atoms with van der Waals surface area (Å²) in [4.78, 5) is 28.2. The van der Waals surface area contributed by atoms with E-state index >= 15 is 0 Å². The van der Waals surface area contributed by atoms with Crippen LogP contribution in [-0.4, -0.2) is 66.9 Å². The number of hydrogen-bond acceptors (Lipinski definition) is 4. The minimum atomic E-state index is 0. The molecule has 0 aromatic carbocycles. The molecule has 2 rings (SSSR count). The van der Waals surface area contributed by atoms with Crippen molar-refractivity contribution in [1.29, 1.82) is 0 Å². The van der Waals surface area contributed by atoms with Gasteiger partial charge in [0.05, 0.1) is 6.54 Å². The average Bonchev–Trinajstić information content (AvgIpc) is 2.53. The summed E-state index contributed by atoms with van der Waals surface area (Å²) in [5.74, 6) is 1.04. The molecule has 1 heterocycles. The Morgan fingerprint density at radius 3 is 2.40 bits per heavy atom. The third-order valence-corrected chi connectivity index (χ3v) is 4.99. The van der Waals surface area contributed by atoms with Crippen molar-refractivity contribution in [2.45, 2.75) is 51.5 Å². The van der Waals surface area contributed by atoms with Crippen LogP contribution in [0.2, 0.25) is 0 Å². The van der Waals surface area contributed by atoms with Crippen molar-refractivity contribution >= 4 is 36.6 Å². The van der Waals surface area contributed by atoms with Gasteiger partial charge in [-0.15, -0.1) is 24.8 Å². The van der Waals surface area contributed by atoms with E-state index in [1.165, 1.54) is 12.8 Å². The maximum Gasteiger partial charge on any atom is 0.234 e. The summed E-state index contributed by atoms with van der Waals surface area (Å²) < 4.78 is 0. The fourth-order valence-corrected chi connectivity index (χ4v) is 3.61.